The van der Waals surface area contributed by atoms with Gasteiger partial charge in [-0.15, -0.1) is 11.6 Å². The molecule has 0 heterocycles. The molecule has 0 spiro atoms. The van der Waals surface area contributed by atoms with E-state index >= 15 is 0 Å². The van der Waals surface area contributed by atoms with Gasteiger partial charge in [-0.1, -0.05) is 42.5 Å². The number of halogens is 1. The Balaban J connectivity index is 1.65. The Morgan fingerprint density at radius 2 is 2.00 bits per heavy atom. The zero-order valence-electron chi connectivity index (χ0n) is 11.5. The van der Waals surface area contributed by atoms with E-state index in [0.29, 0.717) is 12.0 Å². The maximum atomic E-state index is 6.17. The first-order chi connectivity index (χ1) is 9.35. The highest BCUT2D eigenvalue weighted by Gasteiger charge is 2.28. The van der Waals surface area contributed by atoms with E-state index in [2.05, 4.69) is 36.4 Å². The lowest BCUT2D eigenvalue weighted by Gasteiger charge is -2.33. The predicted molar refractivity (Wildman–Crippen MR) is 81.5 cm³/mol. The van der Waals surface area contributed by atoms with Crippen LogP contribution in [0.15, 0.2) is 42.5 Å². The van der Waals surface area contributed by atoms with E-state index < -0.39 is 0 Å². The van der Waals surface area contributed by atoms with Gasteiger partial charge >= 0.3 is 0 Å². The summed E-state index contributed by atoms with van der Waals surface area (Å²) >= 11 is 6.17. The minimum Gasteiger partial charge on any atom is -0.377 e. The lowest BCUT2D eigenvalue weighted by molar-refractivity contribution is 0.105. The molecule has 1 aromatic carbocycles. The van der Waals surface area contributed by atoms with Gasteiger partial charge in [0.15, 0.2) is 0 Å². The Morgan fingerprint density at radius 3 is 2.68 bits per heavy atom. The normalized spacial score (nSPS) is 22.6. The monoisotopic (exact) mass is 278 g/mol. The van der Waals surface area contributed by atoms with Crippen molar-refractivity contribution in [2.75, 3.05) is 12.5 Å². The summed E-state index contributed by atoms with van der Waals surface area (Å²) < 4.78 is 5.74. The van der Waals surface area contributed by atoms with Crippen LogP contribution in [0.1, 0.15) is 37.7 Å². The highest BCUT2D eigenvalue weighted by atomic mass is 35.5. The van der Waals surface area contributed by atoms with Crippen molar-refractivity contribution in [1.82, 2.24) is 0 Å². The third kappa shape index (κ3) is 4.67. The summed E-state index contributed by atoms with van der Waals surface area (Å²) in [6.45, 7) is 1.55. The summed E-state index contributed by atoms with van der Waals surface area (Å²) in [5, 5.41) is 0. The second-order valence-electron chi connectivity index (χ2n) is 5.49. The molecule has 1 nitrogen and oxygen atoms in total. The summed E-state index contributed by atoms with van der Waals surface area (Å²) in [7, 11) is 0. The summed E-state index contributed by atoms with van der Waals surface area (Å²) in [6.07, 6.45) is 10.4. The van der Waals surface area contributed by atoms with Crippen LogP contribution in [0.2, 0.25) is 0 Å². The van der Waals surface area contributed by atoms with E-state index in [1.54, 1.807) is 0 Å². The molecule has 0 bridgehead atoms. The van der Waals surface area contributed by atoms with Crippen LogP contribution in [0.3, 0.4) is 0 Å². The van der Waals surface area contributed by atoms with E-state index in [9.17, 15) is 0 Å². The van der Waals surface area contributed by atoms with Gasteiger partial charge in [-0.2, -0.15) is 0 Å². The first-order valence-corrected chi connectivity index (χ1v) is 7.71. The first-order valence-electron chi connectivity index (χ1n) is 7.17. The molecule has 1 aromatic rings. The fourth-order valence-electron chi connectivity index (χ4n) is 2.67. The van der Waals surface area contributed by atoms with Gasteiger partial charge < -0.3 is 4.74 Å². The highest BCUT2D eigenvalue weighted by molar-refractivity contribution is 6.18. The van der Waals surface area contributed by atoms with Crippen LogP contribution in [-0.4, -0.2) is 12.5 Å². The van der Waals surface area contributed by atoms with Crippen molar-refractivity contribution < 1.29 is 4.74 Å². The molecule has 1 unspecified atom stereocenters. The Hall–Kier alpha value is -0.790. The summed E-state index contributed by atoms with van der Waals surface area (Å²) in [4.78, 5) is 0. The van der Waals surface area contributed by atoms with E-state index in [4.69, 9.17) is 16.3 Å². The van der Waals surface area contributed by atoms with E-state index in [1.165, 1.54) is 24.8 Å². The molecule has 0 aliphatic heterocycles. The number of allylic oxidation sites excluding steroid dienone is 2. The summed E-state index contributed by atoms with van der Waals surface area (Å²) in [5.74, 6) is 0.774. The minimum absolute atomic E-state index is 0.326. The van der Waals surface area contributed by atoms with Crippen molar-refractivity contribution in [1.29, 1.82) is 0 Å². The van der Waals surface area contributed by atoms with Crippen LogP contribution >= 0.6 is 11.6 Å². The number of ether oxygens (including phenoxy) is 1. The van der Waals surface area contributed by atoms with Crippen molar-refractivity contribution in [2.24, 2.45) is 5.41 Å². The van der Waals surface area contributed by atoms with E-state index in [1.807, 2.05) is 6.07 Å². The standard InChI is InChI=1S/C17H23ClO/c18-15-17(10-5-2-6-11-17)12-7-13-19-14-16-8-3-1-4-9-16/h1-5,8-9H,6-7,10-15H2. The molecule has 0 amide bonds. The predicted octanol–water partition coefficient (Wildman–Crippen LogP) is 4.95. The number of hydrogen-bond donors (Lipinski definition) is 0. The Bertz CT molecular complexity index is 388. The van der Waals surface area contributed by atoms with Gasteiger partial charge in [0.05, 0.1) is 6.61 Å². The molecule has 2 rings (SSSR count). The molecule has 0 fully saturated rings. The Kier molecular flexibility index (Phi) is 5.93. The maximum absolute atomic E-state index is 6.17. The highest BCUT2D eigenvalue weighted by Crippen LogP contribution is 2.38. The molecule has 1 aliphatic carbocycles. The smallest absolute Gasteiger partial charge is 0.0716 e. The topological polar surface area (TPSA) is 9.23 Å². The van der Waals surface area contributed by atoms with Crippen LogP contribution in [0.25, 0.3) is 0 Å². The summed E-state index contributed by atoms with van der Waals surface area (Å²) in [6, 6.07) is 10.3. The van der Waals surface area contributed by atoms with Crippen molar-refractivity contribution >= 4 is 11.6 Å². The molecule has 0 aromatic heterocycles. The van der Waals surface area contributed by atoms with Gasteiger partial charge in [0.2, 0.25) is 0 Å². The molecule has 1 atom stereocenters. The van der Waals surface area contributed by atoms with Gasteiger partial charge in [0, 0.05) is 12.5 Å². The SMILES string of the molecule is ClCC1(CCCOCc2ccccc2)CC=CCC1. The molecule has 1 aliphatic rings. The van der Waals surface area contributed by atoms with Gasteiger partial charge in [-0.3, -0.25) is 0 Å². The van der Waals surface area contributed by atoms with Crippen molar-refractivity contribution in [3.8, 4) is 0 Å². The maximum Gasteiger partial charge on any atom is 0.0716 e. The average Bonchev–Trinajstić information content (AvgIpc) is 2.49. The van der Waals surface area contributed by atoms with Crippen LogP contribution < -0.4 is 0 Å². The van der Waals surface area contributed by atoms with E-state index in [-0.39, 0.29) is 0 Å². The van der Waals surface area contributed by atoms with Crippen LogP contribution in [0, 0.1) is 5.41 Å². The minimum atomic E-state index is 0.326. The second kappa shape index (κ2) is 7.72. The Labute approximate surface area is 121 Å². The number of hydrogen-bond acceptors (Lipinski definition) is 1. The molecule has 0 saturated carbocycles. The lowest BCUT2D eigenvalue weighted by atomic mass is 9.75. The quantitative estimate of drug-likeness (QED) is 0.390. The van der Waals surface area contributed by atoms with Gasteiger partial charge in [0.1, 0.15) is 0 Å². The van der Waals surface area contributed by atoms with Crippen LogP contribution in [-0.2, 0) is 11.3 Å². The summed E-state index contributed by atoms with van der Waals surface area (Å²) in [5.41, 5.74) is 1.57. The third-order valence-corrected chi connectivity index (χ3v) is 4.52. The average molecular weight is 279 g/mol. The number of alkyl halides is 1. The molecule has 0 N–H and O–H groups in total. The largest absolute Gasteiger partial charge is 0.377 e. The lowest BCUT2D eigenvalue weighted by Crippen LogP contribution is -2.24. The van der Waals surface area contributed by atoms with E-state index in [0.717, 1.165) is 25.3 Å². The van der Waals surface area contributed by atoms with Crippen molar-refractivity contribution in [2.45, 2.75) is 38.7 Å². The number of rotatable bonds is 7. The zero-order valence-corrected chi connectivity index (χ0v) is 12.2. The zero-order chi connectivity index (χ0) is 13.4. The molecule has 2 heteroatoms. The molecular formula is C17H23ClO. The Morgan fingerprint density at radius 1 is 1.16 bits per heavy atom. The fraction of sp³-hybridized carbons (Fsp3) is 0.529. The first kappa shape index (κ1) is 14.6. The van der Waals surface area contributed by atoms with Gasteiger partial charge in [0.25, 0.3) is 0 Å². The van der Waals surface area contributed by atoms with Crippen molar-refractivity contribution in [3.05, 3.63) is 48.0 Å². The second-order valence-corrected chi connectivity index (χ2v) is 5.76. The fourth-order valence-corrected chi connectivity index (χ4v) is 3.05. The third-order valence-electron chi connectivity index (χ3n) is 3.95. The molecule has 104 valence electrons. The molecule has 19 heavy (non-hydrogen) atoms. The van der Waals surface area contributed by atoms with Crippen LogP contribution in [0.4, 0.5) is 0 Å². The van der Waals surface area contributed by atoms with Crippen molar-refractivity contribution in [3.63, 3.8) is 0 Å². The molecular weight excluding hydrogens is 256 g/mol. The van der Waals surface area contributed by atoms with Gasteiger partial charge in [-0.05, 0) is 43.1 Å². The van der Waals surface area contributed by atoms with Crippen LogP contribution in [0.5, 0.6) is 0 Å². The van der Waals surface area contributed by atoms with Gasteiger partial charge in [-0.25, -0.2) is 0 Å². The molecule has 0 saturated heterocycles. The molecule has 0 radical (unpaired) electrons. The number of benzene rings is 1.